The van der Waals surface area contributed by atoms with Gasteiger partial charge in [-0.2, -0.15) is 16.4 Å². The molecule has 2 aromatic rings. The van der Waals surface area contributed by atoms with Crippen LogP contribution in [0.3, 0.4) is 0 Å². The van der Waals surface area contributed by atoms with Gasteiger partial charge in [-0.3, -0.25) is 9.48 Å². The van der Waals surface area contributed by atoms with Crippen LogP contribution in [0.5, 0.6) is 0 Å². The third kappa shape index (κ3) is 3.07. The maximum Gasteiger partial charge on any atom is 0.186 e. The predicted molar refractivity (Wildman–Crippen MR) is 74.2 cm³/mol. The molecule has 0 unspecified atom stereocenters. The summed E-state index contributed by atoms with van der Waals surface area (Å²) in [5, 5.41) is 8.14. The van der Waals surface area contributed by atoms with E-state index >= 15 is 0 Å². The first-order chi connectivity index (χ1) is 8.72. The van der Waals surface area contributed by atoms with Gasteiger partial charge < -0.3 is 4.74 Å². The molecule has 2 heterocycles. The zero-order valence-corrected chi connectivity index (χ0v) is 12.3. The quantitative estimate of drug-likeness (QED) is 0.766. The van der Waals surface area contributed by atoms with Crippen LogP contribution in [0.15, 0.2) is 27.5 Å². The predicted octanol–water partition coefficient (Wildman–Crippen LogP) is 2.78. The first kappa shape index (κ1) is 13.5. The standard InChI is InChI=1S/C12H13BrN2O2S/c1-17-4-3-15-12(10(13)7-14-15)11(16)6-9-2-5-18-8-9/h2,5,7-8H,3-4,6H2,1H3. The van der Waals surface area contributed by atoms with Crippen LogP contribution in [0, 0.1) is 0 Å². The van der Waals surface area contributed by atoms with E-state index in [2.05, 4.69) is 21.0 Å². The smallest absolute Gasteiger partial charge is 0.186 e. The normalized spacial score (nSPS) is 10.8. The average Bonchev–Trinajstić information content (AvgIpc) is 2.96. The lowest BCUT2D eigenvalue weighted by molar-refractivity contribution is 0.0978. The van der Waals surface area contributed by atoms with Crippen molar-refractivity contribution < 1.29 is 9.53 Å². The second-order valence-electron chi connectivity index (χ2n) is 3.79. The van der Waals surface area contributed by atoms with Crippen LogP contribution in [0.2, 0.25) is 0 Å². The van der Waals surface area contributed by atoms with E-state index in [0.29, 0.717) is 25.3 Å². The largest absolute Gasteiger partial charge is 0.383 e. The lowest BCUT2D eigenvalue weighted by atomic mass is 10.1. The van der Waals surface area contributed by atoms with E-state index in [1.165, 1.54) is 0 Å². The Morgan fingerprint density at radius 1 is 1.61 bits per heavy atom. The Bertz CT molecular complexity index is 522. The second-order valence-corrected chi connectivity index (χ2v) is 5.42. The van der Waals surface area contributed by atoms with Crippen LogP contribution in [0.1, 0.15) is 16.1 Å². The summed E-state index contributed by atoms with van der Waals surface area (Å²) >= 11 is 4.97. The van der Waals surface area contributed by atoms with Gasteiger partial charge in [0.1, 0.15) is 5.69 Å². The SMILES string of the molecule is COCCn1ncc(Br)c1C(=O)Cc1ccsc1. The van der Waals surface area contributed by atoms with E-state index in [0.717, 1.165) is 10.0 Å². The van der Waals surface area contributed by atoms with Crippen molar-refractivity contribution in [1.82, 2.24) is 9.78 Å². The van der Waals surface area contributed by atoms with Crippen molar-refractivity contribution in [1.29, 1.82) is 0 Å². The Labute approximate surface area is 118 Å². The zero-order valence-electron chi connectivity index (χ0n) is 9.93. The first-order valence-corrected chi connectivity index (χ1v) is 7.20. The molecule has 0 aliphatic rings. The van der Waals surface area contributed by atoms with Crippen LogP contribution in [0.4, 0.5) is 0 Å². The molecule has 0 aromatic carbocycles. The molecule has 0 aliphatic heterocycles. The maximum atomic E-state index is 12.3. The third-order valence-electron chi connectivity index (χ3n) is 2.51. The fraction of sp³-hybridized carbons (Fsp3) is 0.333. The highest BCUT2D eigenvalue weighted by Crippen LogP contribution is 2.19. The van der Waals surface area contributed by atoms with Gasteiger partial charge in [-0.05, 0) is 38.3 Å². The summed E-state index contributed by atoms with van der Waals surface area (Å²) in [6.07, 6.45) is 2.05. The number of methoxy groups -OCH3 is 1. The van der Waals surface area contributed by atoms with E-state index in [1.807, 2.05) is 16.8 Å². The molecular formula is C12H13BrN2O2S. The monoisotopic (exact) mass is 328 g/mol. The fourth-order valence-corrected chi connectivity index (χ4v) is 2.84. The Balaban J connectivity index is 2.15. The molecule has 2 aromatic heterocycles. The molecule has 2 rings (SSSR count). The minimum Gasteiger partial charge on any atom is -0.383 e. The molecule has 0 saturated heterocycles. The number of ether oxygens (including phenoxy) is 1. The lowest BCUT2D eigenvalue weighted by Crippen LogP contribution is -2.15. The van der Waals surface area contributed by atoms with E-state index in [4.69, 9.17) is 4.74 Å². The number of hydrogen-bond donors (Lipinski definition) is 0. The van der Waals surface area contributed by atoms with Gasteiger partial charge in [0.05, 0.1) is 23.8 Å². The van der Waals surface area contributed by atoms with Gasteiger partial charge in [0, 0.05) is 13.5 Å². The van der Waals surface area contributed by atoms with Gasteiger partial charge >= 0.3 is 0 Å². The van der Waals surface area contributed by atoms with Crippen molar-refractivity contribution in [3.05, 3.63) is 38.8 Å². The molecule has 0 aliphatic carbocycles. The molecule has 0 saturated carbocycles. The molecule has 4 nitrogen and oxygen atoms in total. The molecule has 0 fully saturated rings. The second kappa shape index (κ2) is 6.26. The maximum absolute atomic E-state index is 12.3. The number of halogens is 1. The average molecular weight is 329 g/mol. The van der Waals surface area contributed by atoms with Gasteiger partial charge in [-0.1, -0.05) is 0 Å². The van der Waals surface area contributed by atoms with Crippen molar-refractivity contribution >= 4 is 33.0 Å². The van der Waals surface area contributed by atoms with E-state index in [9.17, 15) is 4.79 Å². The molecule has 0 radical (unpaired) electrons. The van der Waals surface area contributed by atoms with Gasteiger partial charge in [-0.15, -0.1) is 0 Å². The molecule has 0 amide bonds. The summed E-state index contributed by atoms with van der Waals surface area (Å²) in [4.78, 5) is 12.3. The molecule has 0 spiro atoms. The summed E-state index contributed by atoms with van der Waals surface area (Å²) in [6, 6.07) is 1.96. The lowest BCUT2D eigenvalue weighted by Gasteiger charge is -2.06. The van der Waals surface area contributed by atoms with Gasteiger partial charge in [0.15, 0.2) is 5.78 Å². The highest BCUT2D eigenvalue weighted by Gasteiger charge is 2.17. The molecular weight excluding hydrogens is 316 g/mol. The van der Waals surface area contributed by atoms with Crippen molar-refractivity contribution in [2.75, 3.05) is 13.7 Å². The number of ketones is 1. The summed E-state index contributed by atoms with van der Waals surface area (Å²) in [7, 11) is 1.63. The van der Waals surface area contributed by atoms with Crippen LogP contribution in [0.25, 0.3) is 0 Å². The number of Topliss-reactive ketones (excluding diaryl/α,β-unsaturated/α-hetero) is 1. The van der Waals surface area contributed by atoms with Crippen LogP contribution >= 0.6 is 27.3 Å². The fourth-order valence-electron chi connectivity index (χ4n) is 1.65. The molecule has 0 atom stereocenters. The van der Waals surface area contributed by atoms with Crippen LogP contribution < -0.4 is 0 Å². The summed E-state index contributed by atoms with van der Waals surface area (Å²) in [5.74, 6) is 0.0638. The van der Waals surface area contributed by atoms with E-state index in [1.54, 1.807) is 29.3 Å². The molecule has 0 bridgehead atoms. The van der Waals surface area contributed by atoms with Crippen LogP contribution in [-0.4, -0.2) is 29.3 Å². The number of nitrogens with zero attached hydrogens (tertiary/aromatic N) is 2. The number of carbonyl (C=O) groups is 1. The molecule has 18 heavy (non-hydrogen) atoms. The Hall–Kier alpha value is -0.980. The minimum atomic E-state index is 0.0638. The number of aromatic nitrogens is 2. The van der Waals surface area contributed by atoms with E-state index in [-0.39, 0.29) is 5.78 Å². The van der Waals surface area contributed by atoms with Crippen LogP contribution in [-0.2, 0) is 17.7 Å². The van der Waals surface area contributed by atoms with Crippen molar-refractivity contribution in [2.24, 2.45) is 0 Å². The van der Waals surface area contributed by atoms with E-state index < -0.39 is 0 Å². The highest BCUT2D eigenvalue weighted by atomic mass is 79.9. The molecule has 96 valence electrons. The Morgan fingerprint density at radius 3 is 3.11 bits per heavy atom. The molecule has 0 N–H and O–H groups in total. The van der Waals surface area contributed by atoms with Crippen molar-refractivity contribution in [3.63, 3.8) is 0 Å². The Kier molecular flexibility index (Phi) is 4.68. The topological polar surface area (TPSA) is 44.1 Å². The summed E-state index contributed by atoms with van der Waals surface area (Å²) in [5.41, 5.74) is 1.65. The van der Waals surface area contributed by atoms with Gasteiger partial charge in [-0.25, -0.2) is 0 Å². The third-order valence-corrected chi connectivity index (χ3v) is 3.82. The summed E-state index contributed by atoms with van der Waals surface area (Å²) in [6.45, 7) is 1.11. The van der Waals surface area contributed by atoms with Crippen molar-refractivity contribution in [2.45, 2.75) is 13.0 Å². The van der Waals surface area contributed by atoms with Gasteiger partial charge in [0.2, 0.25) is 0 Å². The number of hydrogen-bond acceptors (Lipinski definition) is 4. The summed E-state index contributed by atoms with van der Waals surface area (Å²) < 4.78 is 7.43. The van der Waals surface area contributed by atoms with Gasteiger partial charge in [0.25, 0.3) is 0 Å². The minimum absolute atomic E-state index is 0.0638. The molecule has 6 heteroatoms. The Morgan fingerprint density at radius 2 is 2.44 bits per heavy atom. The number of carbonyl (C=O) groups excluding carboxylic acids is 1. The number of thiophene rings is 1. The zero-order chi connectivity index (χ0) is 13.0. The highest BCUT2D eigenvalue weighted by molar-refractivity contribution is 9.10. The first-order valence-electron chi connectivity index (χ1n) is 5.47. The number of rotatable bonds is 6. The van der Waals surface area contributed by atoms with Crippen molar-refractivity contribution in [3.8, 4) is 0 Å².